The van der Waals surface area contributed by atoms with Gasteiger partial charge in [0.2, 0.25) is 0 Å². The number of hydrogen-bond acceptors (Lipinski definition) is 6. The summed E-state index contributed by atoms with van der Waals surface area (Å²) in [6.07, 6.45) is 1.19. The molecule has 0 bridgehead atoms. The lowest BCUT2D eigenvalue weighted by Gasteiger charge is -2.15. The van der Waals surface area contributed by atoms with Gasteiger partial charge in [-0.05, 0) is 36.4 Å². The number of hydrogen-bond donors (Lipinski definition) is 2. The zero-order valence-corrected chi connectivity index (χ0v) is 13.7. The molecule has 0 spiro atoms. The van der Waals surface area contributed by atoms with Crippen LogP contribution in [-0.2, 0) is 9.59 Å². The fourth-order valence-corrected chi connectivity index (χ4v) is 2.44. The largest absolute Gasteiger partial charge is 0.455 e. The Bertz CT molecular complexity index is 913. The molecule has 0 fully saturated rings. The molecule has 2 aromatic rings. The summed E-state index contributed by atoms with van der Waals surface area (Å²) in [7, 11) is 0. The SMILES string of the molecule is N#Cc1ccc(Oc2ccccc2NC2=CC(=O)N(CCO)C2=O)cc1. The van der Waals surface area contributed by atoms with Crippen molar-refractivity contribution in [1.82, 2.24) is 4.90 Å². The highest BCUT2D eigenvalue weighted by molar-refractivity contribution is 6.17. The molecule has 2 aromatic carbocycles. The molecule has 0 saturated carbocycles. The van der Waals surface area contributed by atoms with E-state index in [2.05, 4.69) is 5.32 Å². The fourth-order valence-electron chi connectivity index (χ4n) is 2.44. The normalized spacial score (nSPS) is 13.4. The van der Waals surface area contributed by atoms with Crippen LogP contribution in [-0.4, -0.2) is 35.0 Å². The van der Waals surface area contributed by atoms with Crippen LogP contribution in [0.3, 0.4) is 0 Å². The lowest BCUT2D eigenvalue weighted by molar-refractivity contribution is -0.137. The number of nitriles is 1. The lowest BCUT2D eigenvalue weighted by Crippen LogP contribution is -2.34. The predicted octanol–water partition coefficient (Wildman–Crippen LogP) is 2.01. The van der Waals surface area contributed by atoms with Crippen LogP contribution in [0, 0.1) is 11.3 Å². The maximum Gasteiger partial charge on any atom is 0.277 e. The van der Waals surface area contributed by atoms with Gasteiger partial charge < -0.3 is 15.2 Å². The topological polar surface area (TPSA) is 103 Å². The third-order valence-corrected chi connectivity index (χ3v) is 3.70. The maximum absolute atomic E-state index is 12.2. The number of para-hydroxylation sites is 2. The molecule has 1 aliphatic rings. The minimum absolute atomic E-state index is 0.0528. The Kier molecular flexibility index (Phi) is 4.97. The Balaban J connectivity index is 1.79. The Labute approximate surface area is 149 Å². The van der Waals surface area contributed by atoms with Crippen LogP contribution >= 0.6 is 0 Å². The van der Waals surface area contributed by atoms with Crippen LogP contribution in [0.5, 0.6) is 11.5 Å². The molecule has 0 atom stereocenters. The Hall–Kier alpha value is -3.63. The second kappa shape index (κ2) is 7.51. The molecule has 0 radical (unpaired) electrons. The number of ether oxygens (including phenoxy) is 1. The van der Waals surface area contributed by atoms with Crippen LogP contribution in [0.4, 0.5) is 5.69 Å². The van der Waals surface area contributed by atoms with Crippen molar-refractivity contribution < 1.29 is 19.4 Å². The van der Waals surface area contributed by atoms with Gasteiger partial charge in [0.25, 0.3) is 11.8 Å². The molecular weight excluding hydrogens is 334 g/mol. The number of nitrogens with zero attached hydrogens (tertiary/aromatic N) is 2. The molecule has 1 heterocycles. The number of aliphatic hydroxyl groups is 1. The van der Waals surface area contributed by atoms with Gasteiger partial charge in [-0.2, -0.15) is 5.26 Å². The molecule has 2 amide bonds. The van der Waals surface area contributed by atoms with Crippen LogP contribution < -0.4 is 10.1 Å². The quantitative estimate of drug-likeness (QED) is 0.774. The number of benzene rings is 2. The van der Waals surface area contributed by atoms with Gasteiger partial charge >= 0.3 is 0 Å². The van der Waals surface area contributed by atoms with Crippen LogP contribution in [0.25, 0.3) is 0 Å². The van der Waals surface area contributed by atoms with Gasteiger partial charge in [0.05, 0.1) is 30.5 Å². The summed E-state index contributed by atoms with van der Waals surface area (Å²) in [5.74, 6) is 0.0104. The molecule has 0 unspecified atom stereocenters. The van der Waals surface area contributed by atoms with Gasteiger partial charge in [-0.3, -0.25) is 14.5 Å². The van der Waals surface area contributed by atoms with Crippen LogP contribution in [0.1, 0.15) is 5.56 Å². The van der Waals surface area contributed by atoms with Gasteiger partial charge in [0.1, 0.15) is 11.4 Å². The number of imide groups is 1. The van der Waals surface area contributed by atoms with E-state index >= 15 is 0 Å². The Morgan fingerprint density at radius 1 is 1.12 bits per heavy atom. The smallest absolute Gasteiger partial charge is 0.277 e. The van der Waals surface area contributed by atoms with Crippen molar-refractivity contribution in [2.24, 2.45) is 0 Å². The van der Waals surface area contributed by atoms with E-state index in [-0.39, 0.29) is 18.8 Å². The monoisotopic (exact) mass is 349 g/mol. The van der Waals surface area contributed by atoms with Crippen LogP contribution in [0.2, 0.25) is 0 Å². The summed E-state index contributed by atoms with van der Waals surface area (Å²) >= 11 is 0. The number of β-amino-alcohol motifs (C(OH)–C–C–N with tert-alkyl or cyclic N) is 1. The molecule has 7 nitrogen and oxygen atoms in total. The first-order valence-corrected chi connectivity index (χ1v) is 7.85. The van der Waals surface area contributed by atoms with E-state index in [9.17, 15) is 9.59 Å². The number of rotatable bonds is 6. The number of amides is 2. The first-order chi connectivity index (χ1) is 12.6. The van der Waals surface area contributed by atoms with Crippen LogP contribution in [0.15, 0.2) is 60.3 Å². The van der Waals surface area contributed by atoms with Gasteiger partial charge in [-0.1, -0.05) is 12.1 Å². The van der Waals surface area contributed by atoms with E-state index in [1.165, 1.54) is 6.08 Å². The Morgan fingerprint density at radius 3 is 2.54 bits per heavy atom. The highest BCUT2D eigenvalue weighted by Gasteiger charge is 2.31. The Morgan fingerprint density at radius 2 is 1.85 bits per heavy atom. The molecule has 0 aromatic heterocycles. The lowest BCUT2D eigenvalue weighted by atomic mass is 10.2. The molecule has 3 rings (SSSR count). The molecule has 0 saturated heterocycles. The summed E-state index contributed by atoms with van der Waals surface area (Å²) in [5, 5.41) is 20.7. The summed E-state index contributed by atoms with van der Waals surface area (Å²) in [4.78, 5) is 25.0. The maximum atomic E-state index is 12.2. The number of carbonyl (C=O) groups excluding carboxylic acids is 2. The van der Waals surface area contributed by atoms with Gasteiger partial charge in [-0.25, -0.2) is 0 Å². The van der Waals surface area contributed by atoms with E-state index in [1.807, 2.05) is 6.07 Å². The van der Waals surface area contributed by atoms with Gasteiger partial charge in [0, 0.05) is 6.08 Å². The zero-order valence-electron chi connectivity index (χ0n) is 13.7. The van der Waals surface area contributed by atoms with Gasteiger partial charge in [-0.15, -0.1) is 0 Å². The van der Waals surface area contributed by atoms with E-state index in [1.54, 1.807) is 48.5 Å². The summed E-state index contributed by atoms with van der Waals surface area (Å²) < 4.78 is 5.81. The molecule has 2 N–H and O–H groups in total. The standard InChI is InChI=1S/C19H15N3O4/c20-12-13-5-7-14(8-6-13)26-17-4-2-1-3-15(17)21-16-11-18(24)22(9-10-23)19(16)25/h1-8,11,21,23H,9-10H2. The number of anilines is 1. The summed E-state index contributed by atoms with van der Waals surface area (Å²) in [5.41, 5.74) is 1.14. The molecular formula is C19H15N3O4. The third kappa shape index (κ3) is 3.55. The molecule has 0 aliphatic carbocycles. The second-order valence-electron chi connectivity index (χ2n) is 5.44. The summed E-state index contributed by atoms with van der Waals surface area (Å²) in [6, 6.07) is 15.6. The number of nitrogens with one attached hydrogen (secondary N) is 1. The highest BCUT2D eigenvalue weighted by atomic mass is 16.5. The van der Waals surface area contributed by atoms with Crippen molar-refractivity contribution in [2.75, 3.05) is 18.5 Å². The zero-order chi connectivity index (χ0) is 18.5. The van der Waals surface area contributed by atoms with E-state index in [4.69, 9.17) is 15.1 Å². The minimum Gasteiger partial charge on any atom is -0.455 e. The van der Waals surface area contributed by atoms with Crippen molar-refractivity contribution in [3.63, 3.8) is 0 Å². The van der Waals surface area contributed by atoms with Crippen molar-refractivity contribution in [3.8, 4) is 17.6 Å². The molecule has 7 heteroatoms. The first kappa shape index (κ1) is 17.2. The van der Waals surface area contributed by atoms with Crippen molar-refractivity contribution in [1.29, 1.82) is 5.26 Å². The van der Waals surface area contributed by atoms with E-state index in [0.717, 1.165) is 4.90 Å². The molecule has 1 aliphatic heterocycles. The van der Waals surface area contributed by atoms with Gasteiger partial charge in [0.15, 0.2) is 5.75 Å². The minimum atomic E-state index is -0.503. The number of carbonyl (C=O) groups is 2. The highest BCUT2D eigenvalue weighted by Crippen LogP contribution is 2.31. The average Bonchev–Trinajstić information content (AvgIpc) is 2.92. The first-order valence-electron chi connectivity index (χ1n) is 7.85. The van der Waals surface area contributed by atoms with E-state index < -0.39 is 11.8 Å². The average molecular weight is 349 g/mol. The van der Waals surface area contributed by atoms with Crippen molar-refractivity contribution in [3.05, 3.63) is 65.9 Å². The summed E-state index contributed by atoms with van der Waals surface area (Å²) in [6.45, 7) is -0.347. The number of aliphatic hydroxyl groups excluding tert-OH is 1. The molecule has 26 heavy (non-hydrogen) atoms. The predicted molar refractivity (Wildman–Crippen MR) is 93.2 cm³/mol. The third-order valence-electron chi connectivity index (χ3n) is 3.70. The van der Waals surface area contributed by atoms with Crippen molar-refractivity contribution >= 4 is 17.5 Å². The molecule has 130 valence electrons. The second-order valence-corrected chi connectivity index (χ2v) is 5.44. The fraction of sp³-hybridized carbons (Fsp3) is 0.105. The van der Waals surface area contributed by atoms with Crippen molar-refractivity contribution in [2.45, 2.75) is 0 Å². The van der Waals surface area contributed by atoms with E-state index in [0.29, 0.717) is 22.7 Å².